The van der Waals surface area contributed by atoms with Crippen molar-refractivity contribution in [1.82, 2.24) is 4.90 Å². The van der Waals surface area contributed by atoms with Crippen molar-refractivity contribution in [1.29, 1.82) is 0 Å². The first-order valence-electron chi connectivity index (χ1n) is 8.04. The van der Waals surface area contributed by atoms with Crippen molar-refractivity contribution in [2.24, 2.45) is 11.8 Å². The maximum Gasteiger partial charge on any atom is 0.165 e. The van der Waals surface area contributed by atoms with Crippen molar-refractivity contribution in [2.75, 3.05) is 26.3 Å². The molecule has 3 nitrogen and oxygen atoms in total. The molecule has 2 saturated heterocycles. The molecule has 3 atom stereocenters. The van der Waals surface area contributed by atoms with Gasteiger partial charge in [-0.05, 0) is 25.0 Å². The van der Waals surface area contributed by atoms with Crippen LogP contribution in [0.4, 0.5) is 4.39 Å². The van der Waals surface area contributed by atoms with Gasteiger partial charge in [0.05, 0.1) is 19.3 Å². The Kier molecular flexibility index (Phi) is 3.59. The fourth-order valence-electron chi connectivity index (χ4n) is 3.81. The van der Waals surface area contributed by atoms with Crippen LogP contribution in [0.15, 0.2) is 24.3 Å². The van der Waals surface area contributed by atoms with E-state index >= 15 is 0 Å². The van der Waals surface area contributed by atoms with E-state index in [0.29, 0.717) is 30.3 Å². The smallest absolute Gasteiger partial charge is 0.165 e. The van der Waals surface area contributed by atoms with E-state index in [1.807, 2.05) is 0 Å². The first kappa shape index (κ1) is 13.5. The third-order valence-electron chi connectivity index (χ3n) is 5.35. The van der Waals surface area contributed by atoms with Gasteiger partial charge in [-0.2, -0.15) is 0 Å². The Hall–Kier alpha value is -1.13. The SMILES string of the molecule is Fc1ccccc1OC[C@@H]1CO[C@H]2CN(C3CCC3)C[C@@H]12. The van der Waals surface area contributed by atoms with Gasteiger partial charge in [0.25, 0.3) is 0 Å². The lowest BCUT2D eigenvalue weighted by molar-refractivity contribution is 0.0690. The first-order valence-corrected chi connectivity index (χ1v) is 8.04. The predicted molar refractivity (Wildman–Crippen MR) is 77.8 cm³/mol. The van der Waals surface area contributed by atoms with Crippen LogP contribution >= 0.6 is 0 Å². The van der Waals surface area contributed by atoms with E-state index in [1.165, 1.54) is 25.3 Å². The van der Waals surface area contributed by atoms with E-state index in [1.54, 1.807) is 18.2 Å². The maximum atomic E-state index is 13.6. The van der Waals surface area contributed by atoms with Crippen LogP contribution in [-0.4, -0.2) is 43.3 Å². The molecule has 21 heavy (non-hydrogen) atoms. The number of hydrogen-bond acceptors (Lipinski definition) is 3. The molecule has 0 aromatic heterocycles. The second kappa shape index (κ2) is 5.58. The summed E-state index contributed by atoms with van der Waals surface area (Å²) in [4.78, 5) is 2.59. The lowest BCUT2D eigenvalue weighted by Gasteiger charge is -2.35. The minimum absolute atomic E-state index is 0.282. The molecular weight excluding hydrogens is 269 g/mol. The van der Waals surface area contributed by atoms with Crippen LogP contribution in [0.2, 0.25) is 0 Å². The molecule has 0 bridgehead atoms. The van der Waals surface area contributed by atoms with Gasteiger partial charge in [0, 0.05) is 31.0 Å². The summed E-state index contributed by atoms with van der Waals surface area (Å²) < 4.78 is 25.2. The van der Waals surface area contributed by atoms with Crippen molar-refractivity contribution >= 4 is 0 Å². The van der Waals surface area contributed by atoms with Crippen LogP contribution in [0.1, 0.15) is 19.3 Å². The molecule has 4 heteroatoms. The molecule has 0 spiro atoms. The highest BCUT2D eigenvalue weighted by Crippen LogP contribution is 2.38. The van der Waals surface area contributed by atoms with Crippen molar-refractivity contribution in [3.8, 4) is 5.75 Å². The topological polar surface area (TPSA) is 21.7 Å². The molecular formula is C17H22FNO2. The number of likely N-dealkylation sites (tertiary alicyclic amines) is 1. The number of benzene rings is 1. The Balaban J connectivity index is 1.35. The van der Waals surface area contributed by atoms with Gasteiger partial charge in [-0.3, -0.25) is 4.90 Å². The largest absolute Gasteiger partial charge is 0.490 e. The number of rotatable bonds is 4. The molecule has 3 fully saturated rings. The minimum Gasteiger partial charge on any atom is -0.490 e. The molecule has 0 unspecified atom stereocenters. The van der Waals surface area contributed by atoms with Gasteiger partial charge in [-0.25, -0.2) is 4.39 Å². The van der Waals surface area contributed by atoms with Crippen LogP contribution in [0.5, 0.6) is 5.75 Å². The summed E-state index contributed by atoms with van der Waals surface area (Å²) in [5.74, 6) is 1.02. The van der Waals surface area contributed by atoms with E-state index in [9.17, 15) is 4.39 Å². The van der Waals surface area contributed by atoms with E-state index in [-0.39, 0.29) is 5.82 Å². The number of fused-ring (bicyclic) bond motifs is 1. The average molecular weight is 291 g/mol. The maximum absolute atomic E-state index is 13.6. The molecule has 2 heterocycles. The van der Waals surface area contributed by atoms with Gasteiger partial charge in [-0.1, -0.05) is 18.6 Å². The highest BCUT2D eigenvalue weighted by Gasteiger charge is 2.46. The lowest BCUT2D eigenvalue weighted by Crippen LogP contribution is -2.40. The Morgan fingerprint density at radius 3 is 2.86 bits per heavy atom. The zero-order valence-corrected chi connectivity index (χ0v) is 12.2. The summed E-state index contributed by atoms with van der Waals surface area (Å²) in [6, 6.07) is 7.41. The van der Waals surface area contributed by atoms with Crippen molar-refractivity contribution in [3.63, 3.8) is 0 Å². The van der Waals surface area contributed by atoms with Crippen LogP contribution in [0.25, 0.3) is 0 Å². The van der Waals surface area contributed by atoms with Crippen LogP contribution in [0.3, 0.4) is 0 Å². The normalized spacial score (nSPS) is 32.9. The number of para-hydroxylation sites is 1. The molecule has 1 aliphatic carbocycles. The van der Waals surface area contributed by atoms with Crippen LogP contribution < -0.4 is 4.74 Å². The van der Waals surface area contributed by atoms with Crippen molar-refractivity contribution in [3.05, 3.63) is 30.1 Å². The molecule has 2 aliphatic heterocycles. The zero-order chi connectivity index (χ0) is 14.2. The number of hydrogen-bond donors (Lipinski definition) is 0. The average Bonchev–Trinajstić information content (AvgIpc) is 2.97. The monoisotopic (exact) mass is 291 g/mol. The van der Waals surface area contributed by atoms with E-state index in [2.05, 4.69) is 4.90 Å². The predicted octanol–water partition coefficient (Wildman–Crippen LogP) is 2.70. The van der Waals surface area contributed by atoms with Gasteiger partial charge in [0.15, 0.2) is 11.6 Å². The van der Waals surface area contributed by atoms with Gasteiger partial charge >= 0.3 is 0 Å². The summed E-state index contributed by atoms with van der Waals surface area (Å²) in [7, 11) is 0. The quantitative estimate of drug-likeness (QED) is 0.851. The lowest BCUT2D eigenvalue weighted by atomic mass is 9.91. The molecule has 0 amide bonds. The van der Waals surface area contributed by atoms with Gasteiger partial charge < -0.3 is 9.47 Å². The highest BCUT2D eigenvalue weighted by atomic mass is 19.1. The van der Waals surface area contributed by atoms with E-state index in [4.69, 9.17) is 9.47 Å². The number of nitrogens with zero attached hydrogens (tertiary/aromatic N) is 1. The van der Waals surface area contributed by atoms with Gasteiger partial charge in [0.2, 0.25) is 0 Å². The molecule has 114 valence electrons. The minimum atomic E-state index is -0.282. The van der Waals surface area contributed by atoms with Crippen LogP contribution in [0, 0.1) is 17.7 Å². The molecule has 1 saturated carbocycles. The molecule has 0 radical (unpaired) electrons. The molecule has 0 N–H and O–H groups in total. The second-order valence-electron chi connectivity index (χ2n) is 6.58. The van der Waals surface area contributed by atoms with Crippen molar-refractivity contribution in [2.45, 2.75) is 31.4 Å². The second-order valence-corrected chi connectivity index (χ2v) is 6.58. The molecule has 3 aliphatic rings. The third kappa shape index (κ3) is 2.55. The van der Waals surface area contributed by atoms with Crippen molar-refractivity contribution < 1.29 is 13.9 Å². The van der Waals surface area contributed by atoms with Gasteiger partial charge in [0.1, 0.15) is 0 Å². The molecule has 1 aromatic rings. The van der Waals surface area contributed by atoms with Gasteiger partial charge in [-0.15, -0.1) is 0 Å². The number of ether oxygens (including phenoxy) is 2. The Labute approximate surface area is 125 Å². The zero-order valence-electron chi connectivity index (χ0n) is 12.2. The Morgan fingerprint density at radius 2 is 2.10 bits per heavy atom. The summed E-state index contributed by atoms with van der Waals surface area (Å²) in [5.41, 5.74) is 0. The third-order valence-corrected chi connectivity index (χ3v) is 5.35. The highest BCUT2D eigenvalue weighted by molar-refractivity contribution is 5.23. The molecule has 4 rings (SSSR count). The van der Waals surface area contributed by atoms with Crippen LogP contribution in [-0.2, 0) is 4.74 Å². The first-order chi connectivity index (χ1) is 10.3. The summed E-state index contributed by atoms with van der Waals surface area (Å²) in [5, 5.41) is 0. The summed E-state index contributed by atoms with van der Waals surface area (Å²) in [6.45, 7) is 3.51. The van der Waals surface area contributed by atoms with E-state index in [0.717, 1.165) is 25.7 Å². The standard InChI is InChI=1S/C17H22FNO2/c18-15-6-1-2-7-16(15)20-10-12-11-21-17-9-19(8-14(12)17)13-4-3-5-13/h1-2,6-7,12-14,17H,3-5,8-11H2/t12-,14+,17+/m1/s1. The summed E-state index contributed by atoms with van der Waals surface area (Å²) >= 11 is 0. The fourth-order valence-corrected chi connectivity index (χ4v) is 3.81. The number of halogens is 1. The molecule has 1 aromatic carbocycles. The fraction of sp³-hybridized carbons (Fsp3) is 0.647. The van der Waals surface area contributed by atoms with E-state index < -0.39 is 0 Å². The Bertz CT molecular complexity index is 505. The Morgan fingerprint density at radius 1 is 1.24 bits per heavy atom. The summed E-state index contributed by atoms with van der Waals surface area (Å²) in [6.07, 6.45) is 4.42.